The molecule has 5 aromatic rings. The molecule has 0 saturated carbocycles. The molecule has 6 rings (SSSR count). The van der Waals surface area contributed by atoms with Crippen molar-refractivity contribution in [2.75, 3.05) is 45.1 Å². The number of carboxylic acid groups (broad SMARTS) is 2. The van der Waals surface area contributed by atoms with Gasteiger partial charge in [-0.25, -0.2) is 0 Å². The number of methoxy groups -OCH3 is 3. The van der Waals surface area contributed by atoms with Crippen molar-refractivity contribution in [3.8, 4) is 23.0 Å². The van der Waals surface area contributed by atoms with Crippen LogP contribution in [-0.4, -0.2) is 61.7 Å². The van der Waals surface area contributed by atoms with Gasteiger partial charge in [-0.15, -0.1) is 0 Å². The zero-order valence-corrected chi connectivity index (χ0v) is 27.8. The zero-order chi connectivity index (χ0) is 35.1. The molecule has 0 radical (unpaired) electrons. The summed E-state index contributed by atoms with van der Waals surface area (Å²) in [5.41, 5.74) is 2.10. The number of phenolic OH excluding ortho intramolecular Hbond substituents is 1. The predicted molar refractivity (Wildman–Crippen MR) is 190 cm³/mol. The van der Waals surface area contributed by atoms with Gasteiger partial charge in [0, 0.05) is 81.8 Å². The lowest BCUT2D eigenvalue weighted by molar-refractivity contribution is -0.138. The van der Waals surface area contributed by atoms with Crippen LogP contribution >= 0.6 is 0 Å². The van der Waals surface area contributed by atoms with E-state index in [1.54, 1.807) is 6.07 Å². The summed E-state index contributed by atoms with van der Waals surface area (Å²) in [4.78, 5) is 50.5. The van der Waals surface area contributed by atoms with Crippen molar-refractivity contribution < 1.29 is 39.1 Å². The van der Waals surface area contributed by atoms with Gasteiger partial charge in [-0.05, 0) is 38.0 Å². The van der Waals surface area contributed by atoms with Crippen molar-refractivity contribution in [1.29, 1.82) is 0 Å². The average Bonchev–Trinajstić information content (AvgIpc) is 3.21. The van der Waals surface area contributed by atoms with Gasteiger partial charge in [0.25, 0.3) is 0 Å². The van der Waals surface area contributed by atoms with Crippen molar-refractivity contribution in [3.63, 3.8) is 0 Å². The van der Waals surface area contributed by atoms with Crippen LogP contribution in [0.5, 0.6) is 23.0 Å². The molecule has 5 N–H and O–H groups in total. The number of unbranched alkanes of at least 4 members (excludes halogenated alkanes) is 2. The van der Waals surface area contributed by atoms with Crippen LogP contribution in [0, 0.1) is 0 Å². The first kappa shape index (κ1) is 33.4. The second-order valence-corrected chi connectivity index (χ2v) is 12.4. The number of ether oxygens (including phenoxy) is 3. The third-order valence-corrected chi connectivity index (χ3v) is 9.31. The largest absolute Gasteiger partial charge is 0.505 e. The Morgan fingerprint density at radius 3 is 2.02 bits per heavy atom. The molecule has 0 spiro atoms. The molecule has 0 heterocycles. The minimum absolute atomic E-state index is 0.0590. The van der Waals surface area contributed by atoms with Crippen LogP contribution in [0.15, 0.2) is 27.3 Å². The molecule has 0 atom stereocenters. The van der Waals surface area contributed by atoms with E-state index in [1.165, 1.54) is 27.4 Å². The predicted octanol–water partition coefficient (Wildman–Crippen LogP) is 5.92. The molecule has 0 amide bonds. The SMILES string of the molecule is COc1c2c3c4c(c(NCCCC(=O)O)c(O)c5c(=O)cc(OC)c(c6c(OC)cc(NCCCCCC(=O)O)c(c1=O)c63)c54)C=C(C)C2. The van der Waals surface area contributed by atoms with Gasteiger partial charge in [0.2, 0.25) is 5.43 Å². The molecule has 49 heavy (non-hydrogen) atoms. The minimum Gasteiger partial charge on any atom is -0.505 e. The van der Waals surface area contributed by atoms with Gasteiger partial charge in [0.1, 0.15) is 11.5 Å². The third kappa shape index (κ3) is 5.50. The summed E-state index contributed by atoms with van der Waals surface area (Å²) in [7, 11) is 4.43. The van der Waals surface area contributed by atoms with E-state index in [2.05, 4.69) is 10.6 Å². The molecular weight excluding hydrogens is 632 g/mol. The third-order valence-electron chi connectivity index (χ3n) is 9.31. The molecule has 1 aliphatic carbocycles. The van der Waals surface area contributed by atoms with Crippen molar-refractivity contribution in [2.24, 2.45) is 0 Å². The maximum Gasteiger partial charge on any atom is 0.303 e. The lowest BCUT2D eigenvalue weighted by Crippen LogP contribution is -2.15. The normalized spacial score (nSPS) is 12.5. The second kappa shape index (κ2) is 13.2. The van der Waals surface area contributed by atoms with Crippen LogP contribution in [0.1, 0.15) is 56.6 Å². The molecule has 0 aromatic heterocycles. The van der Waals surface area contributed by atoms with E-state index in [0.717, 1.165) is 5.57 Å². The number of fused-ring (bicyclic) bond motifs is 1. The number of benzene rings is 5. The van der Waals surface area contributed by atoms with Gasteiger partial charge < -0.3 is 40.2 Å². The molecule has 256 valence electrons. The summed E-state index contributed by atoms with van der Waals surface area (Å²) in [6, 6.07) is 3.06. The smallest absolute Gasteiger partial charge is 0.303 e. The number of aromatic hydroxyl groups is 1. The maximum absolute atomic E-state index is 14.5. The number of anilines is 2. The topological polar surface area (TPSA) is 181 Å². The highest BCUT2D eigenvalue weighted by molar-refractivity contribution is 6.40. The molecule has 1 aliphatic rings. The fourth-order valence-electron chi connectivity index (χ4n) is 7.32. The first-order valence-electron chi connectivity index (χ1n) is 16.2. The van der Waals surface area contributed by atoms with Crippen LogP contribution in [0.2, 0.25) is 0 Å². The number of aliphatic carboxylic acids is 2. The monoisotopic (exact) mass is 670 g/mol. The van der Waals surface area contributed by atoms with Gasteiger partial charge >= 0.3 is 11.9 Å². The van der Waals surface area contributed by atoms with Crippen molar-refractivity contribution in [1.82, 2.24) is 0 Å². The van der Waals surface area contributed by atoms with Gasteiger partial charge in [-0.2, -0.15) is 0 Å². The average molecular weight is 671 g/mol. The molecule has 12 heteroatoms. The molecule has 0 unspecified atom stereocenters. The Kier molecular flexibility index (Phi) is 8.98. The summed E-state index contributed by atoms with van der Waals surface area (Å²) >= 11 is 0. The quantitative estimate of drug-likeness (QED) is 0.0385. The van der Waals surface area contributed by atoms with Crippen molar-refractivity contribution >= 4 is 72.5 Å². The lowest BCUT2D eigenvalue weighted by atomic mass is 9.83. The van der Waals surface area contributed by atoms with Crippen LogP contribution in [0.3, 0.4) is 0 Å². The number of carboxylic acids is 2. The number of allylic oxidation sites excluding steroid dienone is 1. The van der Waals surface area contributed by atoms with Crippen molar-refractivity contribution in [2.45, 2.75) is 51.9 Å². The molecule has 0 fully saturated rings. The van der Waals surface area contributed by atoms with E-state index in [1.807, 2.05) is 13.0 Å². The molecule has 5 aromatic carbocycles. The van der Waals surface area contributed by atoms with Gasteiger partial charge in [-0.1, -0.05) is 18.1 Å². The van der Waals surface area contributed by atoms with E-state index >= 15 is 0 Å². The Labute approximate surface area is 280 Å². The Morgan fingerprint density at radius 2 is 1.37 bits per heavy atom. The number of carbonyl (C=O) groups is 2. The van der Waals surface area contributed by atoms with E-state index in [9.17, 15) is 29.4 Å². The molecular formula is C37H38N2O10. The van der Waals surface area contributed by atoms with E-state index in [4.69, 9.17) is 19.3 Å². The summed E-state index contributed by atoms with van der Waals surface area (Å²) in [6.45, 7) is 2.60. The fraction of sp³-hybridized carbons (Fsp3) is 0.351. The number of rotatable bonds is 15. The standard InChI is InChI=1S/C37H38N2O10/c1-17-13-18-26-27-19(14-17)37(49-4)36(46)28-20(38-11-7-5-6-9-24(41)42)15-22(47-2)30(32(27)28)31-23(48-3)16-21(40)29(33(26)31)35(45)34(18)39-12-8-10-25(43)44/h13,15-16,38-39,45H,5-12,14H2,1-4H3,(H,41,42)(H,43,44). The highest BCUT2D eigenvalue weighted by Gasteiger charge is 2.32. The Hall–Kier alpha value is -5.52. The van der Waals surface area contributed by atoms with E-state index in [-0.39, 0.29) is 59.6 Å². The number of phenols is 1. The maximum atomic E-state index is 14.5. The van der Waals surface area contributed by atoms with E-state index in [0.29, 0.717) is 92.5 Å². The molecule has 0 bridgehead atoms. The van der Waals surface area contributed by atoms with Gasteiger partial charge in [-0.3, -0.25) is 19.2 Å². The summed E-state index contributed by atoms with van der Waals surface area (Å²) in [5, 5.41) is 40.5. The number of hydrogen-bond acceptors (Lipinski definition) is 10. The number of hydrogen-bond donors (Lipinski definition) is 5. The van der Waals surface area contributed by atoms with Gasteiger partial charge in [0.05, 0.1) is 37.8 Å². The summed E-state index contributed by atoms with van der Waals surface area (Å²) < 4.78 is 17.7. The van der Waals surface area contributed by atoms with Crippen LogP contribution in [0.25, 0.3) is 49.2 Å². The first-order chi connectivity index (χ1) is 23.5. The van der Waals surface area contributed by atoms with Crippen molar-refractivity contribution in [3.05, 3.63) is 49.3 Å². The van der Waals surface area contributed by atoms with Crippen LogP contribution < -0.4 is 35.7 Å². The number of nitrogens with one attached hydrogen (secondary N) is 2. The second-order valence-electron chi connectivity index (χ2n) is 12.4. The van der Waals surface area contributed by atoms with E-state index < -0.39 is 17.4 Å². The fourth-order valence-corrected chi connectivity index (χ4v) is 7.32. The highest BCUT2D eigenvalue weighted by Crippen LogP contribution is 2.55. The van der Waals surface area contributed by atoms with Crippen LogP contribution in [-0.2, 0) is 16.0 Å². The highest BCUT2D eigenvalue weighted by atomic mass is 16.5. The lowest BCUT2D eigenvalue weighted by Gasteiger charge is -2.24. The van der Waals surface area contributed by atoms with Gasteiger partial charge in [0.15, 0.2) is 16.9 Å². The molecule has 12 nitrogen and oxygen atoms in total. The summed E-state index contributed by atoms with van der Waals surface area (Å²) in [5.74, 6) is -1.22. The summed E-state index contributed by atoms with van der Waals surface area (Å²) in [6.07, 6.45) is 4.42. The molecule has 0 aliphatic heterocycles. The van der Waals surface area contributed by atoms with Crippen LogP contribution in [0.4, 0.5) is 11.4 Å². The Balaban J connectivity index is 1.77. The Bertz CT molecular complexity index is 2300. The first-order valence-corrected chi connectivity index (χ1v) is 16.2. The molecule has 0 saturated heterocycles. The zero-order valence-electron chi connectivity index (χ0n) is 27.8. The Morgan fingerprint density at radius 1 is 0.735 bits per heavy atom. The minimum atomic E-state index is -0.945.